The number of aromatic carboxylic acids is 1. The van der Waals surface area contributed by atoms with Crippen molar-refractivity contribution in [3.8, 4) is 11.3 Å². The Kier molecular flexibility index (Phi) is 2.24. The van der Waals surface area contributed by atoms with Crippen LogP contribution in [-0.2, 0) is 0 Å². The molecule has 21 heavy (non-hydrogen) atoms. The molecule has 0 atom stereocenters. The number of benzene rings is 1. The Bertz CT molecular complexity index is 936. The first-order valence-electron chi connectivity index (χ1n) is 6.24. The maximum absolute atomic E-state index is 11.0. The van der Waals surface area contributed by atoms with Crippen molar-refractivity contribution in [1.29, 1.82) is 0 Å². The zero-order valence-corrected chi connectivity index (χ0v) is 10.9. The first kappa shape index (κ1) is 11.8. The van der Waals surface area contributed by atoms with Gasteiger partial charge in [-0.2, -0.15) is 0 Å². The predicted octanol–water partition coefficient (Wildman–Crippen LogP) is 3.84. The van der Waals surface area contributed by atoms with Gasteiger partial charge in [-0.3, -0.25) is 0 Å². The third-order valence-electron chi connectivity index (χ3n) is 3.55. The molecule has 6 nitrogen and oxygen atoms in total. The lowest BCUT2D eigenvalue weighted by atomic mass is 10.0. The molecule has 0 radical (unpaired) electrons. The van der Waals surface area contributed by atoms with Gasteiger partial charge in [0.25, 0.3) is 0 Å². The molecule has 1 N–H and O–H groups in total. The van der Waals surface area contributed by atoms with Crippen LogP contribution in [0.1, 0.15) is 16.1 Å². The first-order chi connectivity index (χ1) is 10.2. The lowest BCUT2D eigenvalue weighted by Crippen LogP contribution is -1.94. The Balaban J connectivity index is 2.13. The lowest BCUT2D eigenvalue weighted by molar-refractivity contribution is 0.0686. The quantitative estimate of drug-likeness (QED) is 0.601. The minimum absolute atomic E-state index is 0.151. The molecule has 0 saturated heterocycles. The summed E-state index contributed by atoms with van der Waals surface area (Å²) < 4.78 is 16.3. The molecular formula is C15H9NO5. The number of aromatic nitrogens is 1. The minimum Gasteiger partial charge on any atom is -0.476 e. The molecule has 3 heterocycles. The fourth-order valence-electron chi connectivity index (χ4n) is 2.58. The smallest absolute Gasteiger partial charge is 0.358 e. The number of rotatable bonds is 2. The largest absolute Gasteiger partial charge is 0.476 e. The Labute approximate surface area is 117 Å². The van der Waals surface area contributed by atoms with E-state index in [2.05, 4.69) is 5.16 Å². The summed E-state index contributed by atoms with van der Waals surface area (Å²) in [6, 6.07) is 5.01. The fourth-order valence-corrected chi connectivity index (χ4v) is 2.58. The predicted molar refractivity (Wildman–Crippen MR) is 73.2 cm³/mol. The van der Waals surface area contributed by atoms with Crippen molar-refractivity contribution in [3.63, 3.8) is 0 Å². The Morgan fingerprint density at radius 1 is 1.14 bits per heavy atom. The van der Waals surface area contributed by atoms with E-state index in [1.54, 1.807) is 18.6 Å². The highest BCUT2D eigenvalue weighted by Crippen LogP contribution is 2.40. The Morgan fingerprint density at radius 3 is 2.57 bits per heavy atom. The highest BCUT2D eigenvalue weighted by atomic mass is 16.5. The third kappa shape index (κ3) is 1.53. The molecule has 1 aromatic carbocycles. The van der Waals surface area contributed by atoms with Gasteiger partial charge in [0.2, 0.25) is 0 Å². The Morgan fingerprint density at radius 2 is 1.86 bits per heavy atom. The van der Waals surface area contributed by atoms with Crippen LogP contribution in [0.4, 0.5) is 0 Å². The minimum atomic E-state index is -1.14. The van der Waals surface area contributed by atoms with Gasteiger partial charge >= 0.3 is 5.97 Å². The monoisotopic (exact) mass is 283 g/mol. The van der Waals surface area contributed by atoms with Crippen LogP contribution in [0.3, 0.4) is 0 Å². The second-order valence-electron chi connectivity index (χ2n) is 4.71. The highest BCUT2D eigenvalue weighted by Gasteiger charge is 2.22. The zero-order chi connectivity index (χ0) is 14.6. The van der Waals surface area contributed by atoms with Crippen LogP contribution in [0.5, 0.6) is 0 Å². The second kappa shape index (κ2) is 3.99. The van der Waals surface area contributed by atoms with Crippen LogP contribution in [-0.4, -0.2) is 16.2 Å². The number of carbonyl (C=O) groups is 1. The summed E-state index contributed by atoms with van der Waals surface area (Å²) in [6.45, 7) is 1.94. The van der Waals surface area contributed by atoms with Gasteiger partial charge in [0.1, 0.15) is 11.2 Å². The van der Waals surface area contributed by atoms with Crippen molar-refractivity contribution in [3.05, 3.63) is 42.0 Å². The third-order valence-corrected chi connectivity index (χ3v) is 3.55. The van der Waals surface area contributed by atoms with Crippen LogP contribution < -0.4 is 0 Å². The number of carboxylic acids is 1. The summed E-state index contributed by atoms with van der Waals surface area (Å²) >= 11 is 0. The normalized spacial score (nSPS) is 11.5. The molecule has 0 unspecified atom stereocenters. The lowest BCUT2D eigenvalue weighted by Gasteiger charge is -2.03. The molecule has 0 aliphatic heterocycles. The number of nitrogens with zero attached hydrogens (tertiary/aromatic N) is 1. The van der Waals surface area contributed by atoms with Crippen LogP contribution in [0.15, 0.2) is 44.1 Å². The maximum Gasteiger partial charge on any atom is 0.358 e. The van der Waals surface area contributed by atoms with E-state index in [1.807, 2.05) is 13.0 Å². The van der Waals surface area contributed by atoms with Gasteiger partial charge in [-0.25, -0.2) is 4.79 Å². The molecule has 3 aromatic heterocycles. The van der Waals surface area contributed by atoms with E-state index < -0.39 is 5.97 Å². The van der Waals surface area contributed by atoms with Gasteiger partial charge in [-0.05, 0) is 19.1 Å². The summed E-state index contributed by atoms with van der Waals surface area (Å²) in [5, 5.41) is 14.2. The molecule has 6 heteroatoms. The molecular weight excluding hydrogens is 274 g/mol. The number of furan rings is 2. The summed E-state index contributed by atoms with van der Waals surface area (Å²) in [4.78, 5) is 11.0. The van der Waals surface area contributed by atoms with Gasteiger partial charge in [0.15, 0.2) is 11.5 Å². The average molecular weight is 283 g/mol. The molecule has 4 aromatic rings. The molecule has 0 bridgehead atoms. The summed E-state index contributed by atoms with van der Waals surface area (Å²) in [5.74, 6) is -0.810. The summed E-state index contributed by atoms with van der Waals surface area (Å²) in [6.07, 6.45) is 3.16. The van der Waals surface area contributed by atoms with E-state index in [1.165, 1.54) is 6.07 Å². The van der Waals surface area contributed by atoms with Gasteiger partial charge in [0.05, 0.1) is 18.1 Å². The van der Waals surface area contributed by atoms with Gasteiger partial charge in [-0.15, -0.1) is 0 Å². The van der Waals surface area contributed by atoms with Crippen molar-refractivity contribution in [1.82, 2.24) is 5.16 Å². The Hall–Kier alpha value is -3.02. The highest BCUT2D eigenvalue weighted by molar-refractivity contribution is 6.10. The fraction of sp³-hybridized carbons (Fsp3) is 0.0667. The first-order valence-corrected chi connectivity index (χ1v) is 6.24. The average Bonchev–Trinajstić information content (AvgIpc) is 3.19. The van der Waals surface area contributed by atoms with E-state index in [9.17, 15) is 4.79 Å². The number of hydrogen-bond acceptors (Lipinski definition) is 5. The molecule has 0 saturated carbocycles. The second-order valence-corrected chi connectivity index (χ2v) is 4.71. The van der Waals surface area contributed by atoms with E-state index in [-0.39, 0.29) is 5.69 Å². The van der Waals surface area contributed by atoms with Gasteiger partial charge in [-0.1, -0.05) is 5.16 Å². The maximum atomic E-state index is 11.0. The molecule has 0 fully saturated rings. The number of hydrogen-bond donors (Lipinski definition) is 1. The van der Waals surface area contributed by atoms with E-state index in [4.69, 9.17) is 18.5 Å². The van der Waals surface area contributed by atoms with Crippen molar-refractivity contribution in [2.45, 2.75) is 6.92 Å². The van der Waals surface area contributed by atoms with Crippen LogP contribution in [0.2, 0.25) is 0 Å². The number of aryl methyl sites for hydroxylation is 1. The molecule has 0 amide bonds. The van der Waals surface area contributed by atoms with Crippen molar-refractivity contribution < 1.29 is 23.3 Å². The van der Waals surface area contributed by atoms with Crippen LogP contribution >= 0.6 is 0 Å². The van der Waals surface area contributed by atoms with Gasteiger partial charge in [0, 0.05) is 22.4 Å². The van der Waals surface area contributed by atoms with E-state index in [0.717, 1.165) is 16.3 Å². The van der Waals surface area contributed by atoms with Crippen LogP contribution in [0, 0.1) is 6.92 Å². The number of fused-ring (bicyclic) bond motifs is 2. The molecule has 0 spiro atoms. The van der Waals surface area contributed by atoms with Crippen molar-refractivity contribution in [2.75, 3.05) is 0 Å². The summed E-state index contributed by atoms with van der Waals surface area (Å²) in [5.41, 5.74) is 2.79. The van der Waals surface area contributed by atoms with Crippen LogP contribution in [0.25, 0.3) is 33.3 Å². The van der Waals surface area contributed by atoms with Crippen molar-refractivity contribution >= 4 is 27.9 Å². The molecule has 4 rings (SSSR count). The number of carboxylic acid groups (broad SMARTS) is 1. The SMILES string of the molecule is Cc1c2ccoc2c(-c2cc(C(=O)O)no2)c2ccoc12. The van der Waals surface area contributed by atoms with E-state index >= 15 is 0 Å². The van der Waals surface area contributed by atoms with E-state index in [0.29, 0.717) is 22.5 Å². The molecule has 0 aliphatic carbocycles. The topological polar surface area (TPSA) is 89.6 Å². The zero-order valence-electron chi connectivity index (χ0n) is 10.9. The van der Waals surface area contributed by atoms with Crippen molar-refractivity contribution in [2.24, 2.45) is 0 Å². The molecule has 0 aliphatic rings. The molecule has 104 valence electrons. The van der Waals surface area contributed by atoms with Gasteiger partial charge < -0.3 is 18.5 Å². The standard InChI is InChI=1S/C15H9NO5/c1-7-8-2-4-20-14(8)12(9-3-5-19-13(7)9)11-6-10(15(17)18)16-21-11/h2-6H,1H3,(H,17,18). The summed E-state index contributed by atoms with van der Waals surface area (Å²) in [7, 11) is 0.